The Balaban J connectivity index is 1.24. The fraction of sp³-hybridized carbons (Fsp3) is 0.591. The van der Waals surface area contributed by atoms with E-state index in [1.54, 1.807) is 15.9 Å². The highest BCUT2D eigenvalue weighted by Crippen LogP contribution is 2.40. The van der Waals surface area contributed by atoms with Gasteiger partial charge in [-0.3, -0.25) is 5.10 Å². The van der Waals surface area contributed by atoms with Gasteiger partial charge < -0.3 is 15.3 Å². The predicted octanol–water partition coefficient (Wildman–Crippen LogP) is 1.57. The zero-order valence-corrected chi connectivity index (χ0v) is 21.9. The Bertz CT molecular complexity index is 1430. The molecule has 196 valence electrons. The first-order valence-corrected chi connectivity index (χ1v) is 14.6. The molecule has 6 rings (SSSR count). The molecule has 37 heavy (non-hydrogen) atoms. The van der Waals surface area contributed by atoms with Crippen LogP contribution in [0.25, 0.3) is 10.3 Å². The second kappa shape index (κ2) is 9.44. The SMILES string of the molecule is CN(c1nc(Nc2cc(CO)[nH]n2)c2ncsc2n1)C1C[C@H]2CCC[C@@H](C1)N2S(=O)(=O)N1CC(C#N)C1. The molecule has 0 amide bonds. The Morgan fingerprint density at radius 1 is 1.30 bits per heavy atom. The molecule has 3 aliphatic rings. The van der Waals surface area contributed by atoms with Crippen LogP contribution in [-0.2, 0) is 16.8 Å². The molecule has 3 atom stereocenters. The number of H-pyrrole nitrogens is 1. The summed E-state index contributed by atoms with van der Waals surface area (Å²) in [6.45, 7) is 0.421. The lowest BCUT2D eigenvalue weighted by Crippen LogP contribution is -2.64. The minimum Gasteiger partial charge on any atom is -0.390 e. The first-order chi connectivity index (χ1) is 17.9. The minimum absolute atomic E-state index is 0.0783. The number of nitriles is 1. The second-order valence-electron chi connectivity index (χ2n) is 9.90. The van der Waals surface area contributed by atoms with Crippen molar-refractivity contribution in [2.75, 3.05) is 30.4 Å². The van der Waals surface area contributed by atoms with Crippen LogP contribution < -0.4 is 10.2 Å². The van der Waals surface area contributed by atoms with E-state index in [4.69, 9.17) is 15.2 Å². The zero-order valence-electron chi connectivity index (χ0n) is 20.3. The number of anilines is 3. The molecule has 0 aliphatic carbocycles. The van der Waals surface area contributed by atoms with Gasteiger partial charge in [0.1, 0.15) is 5.52 Å². The summed E-state index contributed by atoms with van der Waals surface area (Å²) in [5.41, 5.74) is 2.94. The first-order valence-electron chi connectivity index (χ1n) is 12.3. The molecular weight excluding hydrogens is 516 g/mol. The van der Waals surface area contributed by atoms with E-state index in [0.29, 0.717) is 41.6 Å². The van der Waals surface area contributed by atoms with Crippen molar-refractivity contribution in [2.45, 2.75) is 56.8 Å². The van der Waals surface area contributed by atoms with Gasteiger partial charge in [-0.25, -0.2) is 4.98 Å². The number of aliphatic hydroxyl groups is 1. The fourth-order valence-corrected chi connectivity index (χ4v) is 8.42. The van der Waals surface area contributed by atoms with Gasteiger partial charge in [-0.2, -0.15) is 37.4 Å². The molecule has 0 spiro atoms. The molecular formula is C22H28N10O3S2. The average molecular weight is 545 g/mol. The zero-order chi connectivity index (χ0) is 25.7. The third-order valence-electron chi connectivity index (χ3n) is 7.60. The van der Waals surface area contributed by atoms with E-state index in [1.807, 2.05) is 7.05 Å². The van der Waals surface area contributed by atoms with Gasteiger partial charge >= 0.3 is 0 Å². The highest BCUT2D eigenvalue weighted by Gasteiger charge is 2.50. The molecule has 2 bridgehead atoms. The van der Waals surface area contributed by atoms with Crippen molar-refractivity contribution in [1.29, 1.82) is 5.26 Å². The first kappa shape index (κ1) is 24.4. The number of nitrogens with zero attached hydrogens (tertiary/aromatic N) is 8. The average Bonchev–Trinajstić information content (AvgIpc) is 3.51. The summed E-state index contributed by atoms with van der Waals surface area (Å²) in [5, 5.41) is 28.5. The van der Waals surface area contributed by atoms with Crippen molar-refractivity contribution < 1.29 is 13.5 Å². The Morgan fingerprint density at radius 3 is 2.73 bits per heavy atom. The highest BCUT2D eigenvalue weighted by atomic mass is 32.2. The quantitative estimate of drug-likeness (QED) is 0.397. The van der Waals surface area contributed by atoms with Gasteiger partial charge in [0.05, 0.1) is 29.8 Å². The molecule has 3 fully saturated rings. The van der Waals surface area contributed by atoms with Gasteiger partial charge in [-0.1, -0.05) is 6.42 Å². The molecule has 0 radical (unpaired) electrons. The van der Waals surface area contributed by atoms with Crippen LogP contribution in [-0.4, -0.2) is 85.5 Å². The topological polar surface area (TPSA) is 167 Å². The Kier molecular flexibility index (Phi) is 6.24. The van der Waals surface area contributed by atoms with Crippen LogP contribution >= 0.6 is 11.3 Å². The van der Waals surface area contributed by atoms with Crippen LogP contribution in [0.2, 0.25) is 0 Å². The Morgan fingerprint density at radius 2 is 2.05 bits per heavy atom. The highest BCUT2D eigenvalue weighted by molar-refractivity contribution is 7.86. The summed E-state index contributed by atoms with van der Waals surface area (Å²) in [6, 6.07) is 3.77. The maximum absolute atomic E-state index is 13.4. The summed E-state index contributed by atoms with van der Waals surface area (Å²) in [6.07, 6.45) is 4.03. The van der Waals surface area contributed by atoms with E-state index in [9.17, 15) is 13.5 Å². The molecule has 3 saturated heterocycles. The lowest BCUT2D eigenvalue weighted by Gasteiger charge is -2.51. The number of fused-ring (bicyclic) bond motifs is 3. The third-order valence-corrected chi connectivity index (χ3v) is 10.4. The number of hydrogen-bond acceptors (Lipinski definition) is 11. The van der Waals surface area contributed by atoms with E-state index < -0.39 is 10.2 Å². The van der Waals surface area contributed by atoms with E-state index in [1.165, 1.54) is 15.6 Å². The second-order valence-corrected chi connectivity index (χ2v) is 12.6. The van der Waals surface area contributed by atoms with Crippen molar-refractivity contribution in [2.24, 2.45) is 5.92 Å². The van der Waals surface area contributed by atoms with E-state index in [-0.39, 0.29) is 43.7 Å². The largest absolute Gasteiger partial charge is 0.390 e. The van der Waals surface area contributed by atoms with Crippen LogP contribution in [0, 0.1) is 17.2 Å². The number of piperidine rings is 2. The molecule has 3 aromatic rings. The summed E-state index contributed by atoms with van der Waals surface area (Å²) < 4.78 is 30.0. The van der Waals surface area contributed by atoms with E-state index in [2.05, 4.69) is 31.5 Å². The molecule has 0 saturated carbocycles. The summed E-state index contributed by atoms with van der Waals surface area (Å²) in [4.78, 5) is 16.7. The monoisotopic (exact) mass is 544 g/mol. The number of thiazole rings is 1. The Hall–Kier alpha value is -2.90. The van der Waals surface area contributed by atoms with Crippen molar-refractivity contribution in [1.82, 2.24) is 33.8 Å². The third kappa shape index (κ3) is 4.32. The lowest BCUT2D eigenvalue weighted by atomic mass is 9.83. The molecule has 0 aromatic carbocycles. The normalized spacial score (nSPS) is 25.1. The molecule has 3 aliphatic heterocycles. The van der Waals surface area contributed by atoms with Crippen molar-refractivity contribution in [3.63, 3.8) is 0 Å². The number of hydrogen-bond donors (Lipinski definition) is 3. The maximum atomic E-state index is 13.4. The fourth-order valence-electron chi connectivity index (χ4n) is 5.63. The van der Waals surface area contributed by atoms with E-state index in [0.717, 1.165) is 24.1 Å². The number of aromatic nitrogens is 5. The van der Waals surface area contributed by atoms with Crippen LogP contribution in [0.3, 0.4) is 0 Å². The van der Waals surface area contributed by atoms with Crippen molar-refractivity contribution in [3.05, 3.63) is 17.3 Å². The van der Waals surface area contributed by atoms with Crippen LogP contribution in [0.1, 0.15) is 37.8 Å². The van der Waals surface area contributed by atoms with Gasteiger partial charge in [0.2, 0.25) is 5.95 Å². The van der Waals surface area contributed by atoms with Gasteiger partial charge in [-0.05, 0) is 25.7 Å². The number of rotatable bonds is 7. The Labute approximate surface area is 218 Å². The predicted molar refractivity (Wildman–Crippen MR) is 137 cm³/mol. The molecule has 13 nitrogen and oxygen atoms in total. The molecule has 1 unspecified atom stereocenters. The maximum Gasteiger partial charge on any atom is 0.282 e. The summed E-state index contributed by atoms with van der Waals surface area (Å²) in [5.74, 6) is 1.37. The summed E-state index contributed by atoms with van der Waals surface area (Å²) in [7, 11) is -1.62. The van der Waals surface area contributed by atoms with Gasteiger partial charge in [0.15, 0.2) is 16.5 Å². The molecule has 3 aromatic heterocycles. The van der Waals surface area contributed by atoms with Gasteiger partial charge in [-0.15, -0.1) is 11.3 Å². The van der Waals surface area contributed by atoms with Crippen molar-refractivity contribution in [3.8, 4) is 6.07 Å². The summed E-state index contributed by atoms with van der Waals surface area (Å²) >= 11 is 1.42. The standard InChI is InChI=1S/C22H28N10O3S2/c1-30(22-26-20(19-21(27-22)36-12-24-19)25-18-5-14(11-33)28-29-18)17-6-15-3-2-4-16(7-17)32(15)37(34,35)31-9-13(8-23)10-31/h5,12-13,15-17,33H,2-4,6-7,9-11H2,1H3,(H2,25,26,27,28,29)/t15-,16+,17?. The van der Waals surface area contributed by atoms with E-state index >= 15 is 0 Å². The van der Waals surface area contributed by atoms with Crippen LogP contribution in [0.15, 0.2) is 11.6 Å². The number of nitrogens with one attached hydrogen (secondary N) is 2. The minimum atomic E-state index is -3.58. The molecule has 6 heterocycles. The van der Waals surface area contributed by atoms with Crippen LogP contribution in [0.5, 0.6) is 0 Å². The molecule has 15 heteroatoms. The van der Waals surface area contributed by atoms with Crippen LogP contribution in [0.4, 0.5) is 17.6 Å². The van der Waals surface area contributed by atoms with Gasteiger partial charge in [0, 0.05) is 44.3 Å². The van der Waals surface area contributed by atoms with Crippen molar-refractivity contribution >= 4 is 49.5 Å². The smallest absolute Gasteiger partial charge is 0.282 e. The number of aliphatic hydroxyl groups excluding tert-OH is 1. The molecule has 3 N–H and O–H groups in total. The number of aromatic amines is 1. The lowest BCUT2D eigenvalue weighted by molar-refractivity contribution is 0.0930. The van der Waals surface area contributed by atoms with Gasteiger partial charge in [0.25, 0.3) is 10.2 Å².